The van der Waals surface area contributed by atoms with E-state index in [0.717, 1.165) is 0 Å². The first-order valence-electron chi connectivity index (χ1n) is 14.0. The fourth-order valence-electron chi connectivity index (χ4n) is 5.72. The summed E-state index contributed by atoms with van der Waals surface area (Å²) in [6.07, 6.45) is 16.3. The SMILES string of the molecule is [Cl-].[Cl-].[Pd+2].[c-]1c(NP(N2CCCCC2)N2CCCCC2)cccc1NP(N1CCCCC1)N1CCCCC1. The predicted molar refractivity (Wildman–Crippen MR) is 148 cm³/mol. The minimum absolute atomic E-state index is 0. The number of anilines is 2. The molecule has 4 fully saturated rings. The molecule has 0 aromatic heterocycles. The molecule has 214 valence electrons. The number of nitrogens with one attached hydrogen (secondary N) is 2. The van der Waals surface area contributed by atoms with Crippen molar-refractivity contribution in [2.24, 2.45) is 0 Å². The van der Waals surface area contributed by atoms with Gasteiger partial charge in [0.1, 0.15) is 16.7 Å². The summed E-state index contributed by atoms with van der Waals surface area (Å²) in [6.45, 7) is 9.91. The molecule has 4 aliphatic rings. The summed E-state index contributed by atoms with van der Waals surface area (Å²) in [5.74, 6) is 0. The second-order valence-corrected chi connectivity index (χ2v) is 14.2. The molecule has 11 heteroatoms. The summed E-state index contributed by atoms with van der Waals surface area (Å²) in [5.41, 5.74) is 2.33. The summed E-state index contributed by atoms with van der Waals surface area (Å²) in [5, 5.41) is 7.98. The molecule has 37 heavy (non-hydrogen) atoms. The molecule has 0 atom stereocenters. The summed E-state index contributed by atoms with van der Waals surface area (Å²) in [4.78, 5) is 0. The van der Waals surface area contributed by atoms with Gasteiger partial charge in [0.2, 0.25) is 0 Å². The van der Waals surface area contributed by atoms with Crippen LogP contribution in [0.3, 0.4) is 0 Å². The molecule has 0 aliphatic carbocycles. The van der Waals surface area contributed by atoms with Gasteiger partial charge in [0.25, 0.3) is 0 Å². The number of rotatable bonds is 8. The van der Waals surface area contributed by atoms with Gasteiger partial charge in [0, 0.05) is 52.4 Å². The Hall–Kier alpha value is 0.762. The van der Waals surface area contributed by atoms with Crippen molar-refractivity contribution in [1.82, 2.24) is 18.7 Å². The van der Waals surface area contributed by atoms with Gasteiger partial charge in [0.15, 0.2) is 0 Å². The van der Waals surface area contributed by atoms with Gasteiger partial charge < -0.3 is 35.0 Å². The second-order valence-electron chi connectivity index (χ2n) is 10.3. The zero-order chi connectivity index (χ0) is 23.0. The van der Waals surface area contributed by atoms with E-state index in [1.807, 2.05) is 0 Å². The van der Waals surface area contributed by atoms with Crippen molar-refractivity contribution in [3.8, 4) is 0 Å². The minimum Gasteiger partial charge on any atom is -1.00 e. The van der Waals surface area contributed by atoms with E-state index in [9.17, 15) is 0 Å². The monoisotopic (exact) mass is 679 g/mol. The summed E-state index contributed by atoms with van der Waals surface area (Å²) in [7, 11) is -0.976. The van der Waals surface area contributed by atoms with Gasteiger partial charge in [-0.1, -0.05) is 37.1 Å². The first-order chi connectivity index (χ1) is 16.9. The summed E-state index contributed by atoms with van der Waals surface area (Å²) >= 11 is 0. The molecule has 0 bridgehead atoms. The van der Waals surface area contributed by atoms with E-state index >= 15 is 0 Å². The third-order valence-electron chi connectivity index (χ3n) is 7.64. The number of piperidine rings is 4. The molecule has 0 unspecified atom stereocenters. The Morgan fingerprint density at radius 3 is 1.03 bits per heavy atom. The van der Waals surface area contributed by atoms with Gasteiger partial charge >= 0.3 is 20.4 Å². The maximum atomic E-state index is 3.99. The van der Waals surface area contributed by atoms with Crippen LogP contribution >= 0.6 is 16.7 Å². The zero-order valence-electron chi connectivity index (χ0n) is 22.1. The van der Waals surface area contributed by atoms with Crippen molar-refractivity contribution in [2.45, 2.75) is 77.0 Å². The molecule has 4 heterocycles. The number of halogens is 2. The smallest absolute Gasteiger partial charge is 1.00 e. The number of nitrogens with zero attached hydrogens (tertiary/aromatic N) is 4. The molecule has 1 aromatic rings. The fraction of sp³-hybridized carbons (Fsp3) is 0.769. The van der Waals surface area contributed by atoms with Crippen LogP contribution in [-0.4, -0.2) is 71.0 Å². The Balaban J connectivity index is 0.00000160. The van der Waals surface area contributed by atoms with Gasteiger partial charge in [-0.3, -0.25) is 18.7 Å². The van der Waals surface area contributed by atoms with Crippen LogP contribution in [-0.2, 0) is 20.4 Å². The molecule has 4 aliphatic heterocycles. The van der Waals surface area contributed by atoms with E-state index in [2.05, 4.69) is 53.1 Å². The van der Waals surface area contributed by atoms with E-state index in [0.29, 0.717) is 0 Å². The number of hydrogen-bond donors (Lipinski definition) is 2. The van der Waals surface area contributed by atoms with E-state index in [-0.39, 0.29) is 45.2 Å². The topological polar surface area (TPSA) is 37.0 Å². The van der Waals surface area contributed by atoms with Gasteiger partial charge in [-0.05, 0) is 51.4 Å². The Kier molecular flexibility index (Phi) is 16.8. The Bertz CT molecular complexity index is 652. The van der Waals surface area contributed by atoms with E-state index < -0.39 is 16.7 Å². The zero-order valence-corrected chi connectivity index (χ0v) is 27.0. The van der Waals surface area contributed by atoms with Crippen LogP contribution in [0, 0.1) is 6.07 Å². The maximum Gasteiger partial charge on any atom is 2.00 e. The molecule has 6 nitrogen and oxygen atoms in total. The van der Waals surface area contributed by atoms with Crippen molar-refractivity contribution in [1.29, 1.82) is 0 Å². The minimum atomic E-state index is -0.488. The molecule has 0 spiro atoms. The van der Waals surface area contributed by atoms with Gasteiger partial charge in [-0.15, -0.1) is 18.2 Å². The van der Waals surface area contributed by atoms with E-state index in [1.54, 1.807) is 0 Å². The van der Waals surface area contributed by atoms with Crippen LogP contribution in [0.2, 0.25) is 0 Å². The number of benzene rings is 1. The van der Waals surface area contributed by atoms with Gasteiger partial charge in [-0.2, -0.15) is 6.07 Å². The van der Waals surface area contributed by atoms with Crippen LogP contribution in [0.4, 0.5) is 11.4 Å². The first-order valence-corrected chi connectivity index (χ1v) is 16.5. The normalized spacial score (nSPS) is 22.5. The molecule has 0 amide bonds. The average Bonchev–Trinajstić information content (AvgIpc) is 2.92. The summed E-state index contributed by atoms with van der Waals surface area (Å²) < 4.78 is 11.0. The van der Waals surface area contributed by atoms with Crippen LogP contribution < -0.4 is 35.0 Å². The van der Waals surface area contributed by atoms with Crippen molar-refractivity contribution in [3.63, 3.8) is 0 Å². The van der Waals surface area contributed by atoms with Crippen molar-refractivity contribution >= 4 is 28.1 Å². The summed E-state index contributed by atoms with van der Waals surface area (Å²) in [6, 6.07) is 10.5. The quantitative estimate of drug-likeness (QED) is 0.240. The molecular formula is C26H45Cl2N6P2Pd-. The molecule has 2 N–H and O–H groups in total. The molecule has 5 rings (SSSR count). The third-order valence-corrected chi connectivity index (χ3v) is 12.3. The van der Waals surface area contributed by atoms with Crippen LogP contribution in [0.1, 0.15) is 77.0 Å². The van der Waals surface area contributed by atoms with Crippen molar-refractivity contribution in [2.75, 3.05) is 62.5 Å². The van der Waals surface area contributed by atoms with Crippen LogP contribution in [0.25, 0.3) is 0 Å². The predicted octanol–water partition coefficient (Wildman–Crippen LogP) is 0.713. The van der Waals surface area contributed by atoms with Crippen LogP contribution in [0.15, 0.2) is 18.2 Å². The molecule has 4 saturated heterocycles. The third kappa shape index (κ3) is 9.97. The number of hydrogen-bond acceptors (Lipinski definition) is 6. The van der Waals surface area contributed by atoms with Crippen LogP contribution in [0.5, 0.6) is 0 Å². The van der Waals surface area contributed by atoms with E-state index in [1.165, 1.54) is 141 Å². The fourth-order valence-corrected chi connectivity index (χ4v) is 10.3. The van der Waals surface area contributed by atoms with Crippen molar-refractivity contribution in [3.05, 3.63) is 24.3 Å². The second kappa shape index (κ2) is 18.2. The van der Waals surface area contributed by atoms with Gasteiger partial charge in [0.05, 0.1) is 0 Å². The Morgan fingerprint density at radius 2 is 0.757 bits per heavy atom. The van der Waals surface area contributed by atoms with Gasteiger partial charge in [-0.25, -0.2) is 0 Å². The molecule has 0 saturated carbocycles. The van der Waals surface area contributed by atoms with Crippen molar-refractivity contribution < 1.29 is 45.2 Å². The van der Waals surface area contributed by atoms with E-state index in [4.69, 9.17) is 0 Å². The largest absolute Gasteiger partial charge is 2.00 e. The Morgan fingerprint density at radius 1 is 0.486 bits per heavy atom. The Labute approximate surface area is 254 Å². The molecule has 0 radical (unpaired) electrons. The standard InChI is InChI=1S/C26H45N6P2.2ClH.Pd/c1-5-16-29(17-6-1)33(30-18-7-2-8-19-30)27-25-14-13-15-26(24-25)28-34(31-20-9-3-10-21-31)32-22-11-4-12-23-32;;;/h13-15,27-28H,1-12,16-23H2;2*1H;/q-1;;;+2/p-2. The maximum absolute atomic E-state index is 3.99. The average molecular weight is 681 g/mol. The molecule has 1 aromatic carbocycles. The molecular weight excluding hydrogens is 636 g/mol. The first kappa shape index (κ1) is 34.0.